The summed E-state index contributed by atoms with van der Waals surface area (Å²) in [5.74, 6) is -1.71. The molecule has 26 heavy (non-hydrogen) atoms. The van der Waals surface area contributed by atoms with Crippen molar-refractivity contribution in [2.75, 3.05) is 19.0 Å². The van der Waals surface area contributed by atoms with Crippen molar-refractivity contribution in [3.8, 4) is 0 Å². The molecule has 0 radical (unpaired) electrons. The van der Waals surface area contributed by atoms with Gasteiger partial charge in [0.15, 0.2) is 6.10 Å². The molecule has 0 spiro atoms. The van der Waals surface area contributed by atoms with E-state index < -0.39 is 23.9 Å². The quantitative estimate of drug-likeness (QED) is 0.630. The molecule has 0 aliphatic heterocycles. The van der Waals surface area contributed by atoms with Crippen molar-refractivity contribution in [3.05, 3.63) is 65.7 Å². The third kappa shape index (κ3) is 5.07. The Morgan fingerprint density at radius 2 is 1.50 bits per heavy atom. The molecule has 2 aromatic carbocycles. The summed E-state index contributed by atoms with van der Waals surface area (Å²) in [5, 5.41) is 0. The summed E-state index contributed by atoms with van der Waals surface area (Å²) in [6.45, 7) is 1.43. The molecule has 0 aliphatic rings. The molecule has 136 valence electrons. The molecule has 2 aromatic rings. The number of nitrogens with zero attached hydrogens (tertiary/aromatic N) is 1. The molecule has 2 N–H and O–H groups in total. The van der Waals surface area contributed by atoms with Crippen molar-refractivity contribution in [2.45, 2.75) is 13.0 Å². The highest BCUT2D eigenvalue weighted by Gasteiger charge is 2.19. The molecule has 0 bridgehead atoms. The second-order valence-corrected chi connectivity index (χ2v) is 5.80. The first-order chi connectivity index (χ1) is 12.4. The fraction of sp³-hybridized carbons (Fsp3) is 0.211. The van der Waals surface area contributed by atoms with Crippen LogP contribution in [0.1, 0.15) is 27.6 Å². The lowest BCUT2D eigenvalue weighted by molar-refractivity contribution is -0.129. The topological polar surface area (TPSA) is 87.7 Å². The zero-order chi connectivity index (χ0) is 19.1. The summed E-state index contributed by atoms with van der Waals surface area (Å²) in [4.78, 5) is 37.8. The fourth-order valence-electron chi connectivity index (χ4n) is 2.06. The summed E-state index contributed by atoms with van der Waals surface area (Å²) in [7, 11) is 3.78. The SMILES string of the molecule is C[C@H](OC(=O)c1ccc(N(C)C)cc1)C(=O)NNC(=O)c1ccccc1. The summed E-state index contributed by atoms with van der Waals surface area (Å²) in [5.41, 5.74) is 6.20. The fourth-order valence-corrected chi connectivity index (χ4v) is 2.06. The molecule has 0 unspecified atom stereocenters. The molecule has 0 aliphatic carbocycles. The summed E-state index contributed by atoms with van der Waals surface area (Å²) in [6, 6.07) is 15.2. The molecule has 2 rings (SSSR count). The Kier molecular flexibility index (Phi) is 6.32. The Balaban J connectivity index is 1.86. The van der Waals surface area contributed by atoms with E-state index in [1.807, 2.05) is 19.0 Å². The number of ether oxygens (including phenoxy) is 1. The highest BCUT2D eigenvalue weighted by Crippen LogP contribution is 2.13. The minimum absolute atomic E-state index is 0.337. The van der Waals surface area contributed by atoms with Gasteiger partial charge in [0, 0.05) is 25.3 Å². The van der Waals surface area contributed by atoms with E-state index in [4.69, 9.17) is 4.74 Å². The van der Waals surface area contributed by atoms with Gasteiger partial charge >= 0.3 is 5.97 Å². The molecule has 0 fully saturated rings. The van der Waals surface area contributed by atoms with Crippen molar-refractivity contribution in [1.29, 1.82) is 0 Å². The number of hydrogen-bond acceptors (Lipinski definition) is 5. The monoisotopic (exact) mass is 355 g/mol. The number of amides is 2. The van der Waals surface area contributed by atoms with E-state index in [9.17, 15) is 14.4 Å². The van der Waals surface area contributed by atoms with Crippen LogP contribution in [-0.2, 0) is 9.53 Å². The van der Waals surface area contributed by atoms with E-state index in [0.29, 0.717) is 11.1 Å². The lowest BCUT2D eigenvalue weighted by atomic mass is 10.2. The summed E-state index contributed by atoms with van der Waals surface area (Å²) >= 11 is 0. The van der Waals surface area contributed by atoms with Crippen molar-refractivity contribution in [2.24, 2.45) is 0 Å². The molecule has 0 heterocycles. The number of hydrazine groups is 1. The zero-order valence-electron chi connectivity index (χ0n) is 14.9. The first kappa shape index (κ1) is 19.0. The van der Waals surface area contributed by atoms with Gasteiger partial charge in [-0.1, -0.05) is 18.2 Å². The van der Waals surface area contributed by atoms with E-state index in [2.05, 4.69) is 10.9 Å². The number of carbonyl (C=O) groups excluding carboxylic acids is 3. The van der Waals surface area contributed by atoms with Crippen molar-refractivity contribution < 1.29 is 19.1 Å². The largest absolute Gasteiger partial charge is 0.449 e. The van der Waals surface area contributed by atoms with Crippen LogP contribution in [0, 0.1) is 0 Å². The van der Waals surface area contributed by atoms with E-state index in [0.717, 1.165) is 5.69 Å². The number of benzene rings is 2. The van der Waals surface area contributed by atoms with Crippen molar-refractivity contribution >= 4 is 23.5 Å². The molecule has 0 saturated heterocycles. The van der Waals surface area contributed by atoms with Gasteiger partial charge in [-0.2, -0.15) is 0 Å². The third-order valence-corrected chi connectivity index (χ3v) is 3.61. The molecule has 2 amide bonds. The van der Waals surface area contributed by atoms with Crippen LogP contribution >= 0.6 is 0 Å². The molecule has 7 nitrogen and oxygen atoms in total. The van der Waals surface area contributed by atoms with Crippen LogP contribution < -0.4 is 15.8 Å². The minimum atomic E-state index is -1.06. The smallest absolute Gasteiger partial charge is 0.338 e. The van der Waals surface area contributed by atoms with Crippen LogP contribution in [0.3, 0.4) is 0 Å². The molecule has 0 saturated carbocycles. The average molecular weight is 355 g/mol. The lowest BCUT2D eigenvalue weighted by Gasteiger charge is -2.15. The van der Waals surface area contributed by atoms with Gasteiger partial charge in [0.1, 0.15) is 0 Å². The van der Waals surface area contributed by atoms with Gasteiger partial charge in [-0.25, -0.2) is 4.79 Å². The van der Waals surface area contributed by atoms with Crippen LogP contribution in [0.25, 0.3) is 0 Å². The first-order valence-electron chi connectivity index (χ1n) is 8.02. The standard InChI is InChI=1S/C19H21N3O4/c1-13(17(23)20-21-18(24)14-7-5-4-6-8-14)26-19(25)15-9-11-16(12-10-15)22(2)3/h4-13H,1-3H3,(H,20,23)(H,21,24)/t13-/m0/s1. The summed E-state index contributed by atoms with van der Waals surface area (Å²) < 4.78 is 5.12. The van der Waals surface area contributed by atoms with Crippen molar-refractivity contribution in [3.63, 3.8) is 0 Å². The van der Waals surface area contributed by atoms with Crippen LogP contribution in [0.5, 0.6) is 0 Å². The number of rotatable bonds is 5. The van der Waals surface area contributed by atoms with E-state index in [1.165, 1.54) is 6.92 Å². The highest BCUT2D eigenvalue weighted by atomic mass is 16.5. The van der Waals surface area contributed by atoms with Gasteiger partial charge in [0.2, 0.25) is 0 Å². The van der Waals surface area contributed by atoms with Gasteiger partial charge in [-0.15, -0.1) is 0 Å². The third-order valence-electron chi connectivity index (χ3n) is 3.61. The van der Waals surface area contributed by atoms with Gasteiger partial charge in [0.25, 0.3) is 11.8 Å². The van der Waals surface area contributed by atoms with Crippen LogP contribution in [0.15, 0.2) is 54.6 Å². The summed E-state index contributed by atoms with van der Waals surface area (Å²) in [6.07, 6.45) is -1.06. The van der Waals surface area contributed by atoms with Crippen LogP contribution in [-0.4, -0.2) is 38.0 Å². The first-order valence-corrected chi connectivity index (χ1v) is 8.02. The second-order valence-electron chi connectivity index (χ2n) is 5.80. The Labute approximate surface area is 151 Å². The number of esters is 1. The Morgan fingerprint density at radius 1 is 0.885 bits per heavy atom. The minimum Gasteiger partial charge on any atom is -0.449 e. The second kappa shape index (κ2) is 8.66. The van der Waals surface area contributed by atoms with Gasteiger partial charge in [0.05, 0.1) is 5.56 Å². The number of nitrogens with one attached hydrogen (secondary N) is 2. The maximum atomic E-state index is 12.1. The van der Waals surface area contributed by atoms with Gasteiger partial charge in [-0.3, -0.25) is 20.4 Å². The van der Waals surface area contributed by atoms with Gasteiger partial charge < -0.3 is 9.64 Å². The van der Waals surface area contributed by atoms with E-state index >= 15 is 0 Å². The molecule has 7 heteroatoms. The van der Waals surface area contributed by atoms with Crippen LogP contribution in [0.2, 0.25) is 0 Å². The lowest BCUT2D eigenvalue weighted by Crippen LogP contribution is -2.46. The number of carbonyl (C=O) groups is 3. The van der Waals surface area contributed by atoms with Crippen molar-refractivity contribution in [1.82, 2.24) is 10.9 Å². The normalized spacial score (nSPS) is 11.2. The Bertz CT molecular complexity index is 773. The predicted molar refractivity (Wildman–Crippen MR) is 97.7 cm³/mol. The molecular formula is C19H21N3O4. The average Bonchev–Trinajstić information content (AvgIpc) is 2.66. The van der Waals surface area contributed by atoms with E-state index in [1.54, 1.807) is 54.6 Å². The molecule has 0 aromatic heterocycles. The molecule has 1 atom stereocenters. The maximum absolute atomic E-state index is 12.1. The number of hydrogen-bond donors (Lipinski definition) is 2. The Hall–Kier alpha value is -3.35. The van der Waals surface area contributed by atoms with E-state index in [-0.39, 0.29) is 0 Å². The molecular weight excluding hydrogens is 334 g/mol. The number of anilines is 1. The Morgan fingerprint density at radius 3 is 2.08 bits per heavy atom. The highest BCUT2D eigenvalue weighted by molar-refractivity contribution is 5.96. The van der Waals surface area contributed by atoms with Crippen LogP contribution in [0.4, 0.5) is 5.69 Å². The maximum Gasteiger partial charge on any atom is 0.338 e. The van der Waals surface area contributed by atoms with Gasteiger partial charge in [-0.05, 0) is 43.3 Å². The zero-order valence-corrected chi connectivity index (χ0v) is 14.9. The predicted octanol–water partition coefficient (Wildman–Crippen LogP) is 1.76.